The number of hydrogen-bond donors (Lipinski definition) is 3. The van der Waals surface area contributed by atoms with Gasteiger partial charge in [0.15, 0.2) is 0 Å². The van der Waals surface area contributed by atoms with Crippen LogP contribution in [0.1, 0.15) is 22.8 Å². The van der Waals surface area contributed by atoms with Crippen LogP contribution in [0.25, 0.3) is 0 Å². The zero-order valence-electron chi connectivity index (χ0n) is 15.3. The smallest absolute Gasteiger partial charge is 0.313 e. The molecule has 0 radical (unpaired) electrons. The normalized spacial score (nSPS) is 13.9. The fraction of sp³-hybridized carbons (Fsp3) is 0.300. The number of carbonyl (C=O) groups is 2. The highest BCUT2D eigenvalue weighted by molar-refractivity contribution is 6.40. The number of anilines is 2. The highest BCUT2D eigenvalue weighted by atomic mass is 35.5. The summed E-state index contributed by atoms with van der Waals surface area (Å²) in [4.78, 5) is 26.3. The minimum Gasteiger partial charge on any atom is -0.387 e. The van der Waals surface area contributed by atoms with E-state index in [4.69, 9.17) is 11.6 Å². The van der Waals surface area contributed by atoms with Gasteiger partial charge in [-0.05, 0) is 48.2 Å². The molecule has 142 valence electrons. The van der Waals surface area contributed by atoms with Gasteiger partial charge >= 0.3 is 11.8 Å². The summed E-state index contributed by atoms with van der Waals surface area (Å²) in [5.41, 5.74) is 4.32. The third kappa shape index (κ3) is 4.40. The molecular formula is C20H22ClN3O3. The molecule has 1 aliphatic heterocycles. The number of aryl methyl sites for hydroxylation is 1. The summed E-state index contributed by atoms with van der Waals surface area (Å²) >= 11 is 5.91. The summed E-state index contributed by atoms with van der Waals surface area (Å²) in [5.74, 6) is -1.61. The first-order chi connectivity index (χ1) is 12.8. The van der Waals surface area contributed by atoms with Crippen molar-refractivity contribution in [3.63, 3.8) is 0 Å². The van der Waals surface area contributed by atoms with Gasteiger partial charge in [0.25, 0.3) is 0 Å². The molecular weight excluding hydrogens is 366 g/mol. The Balaban J connectivity index is 1.57. The average molecular weight is 388 g/mol. The lowest BCUT2D eigenvalue weighted by molar-refractivity contribution is -0.136. The molecule has 3 N–H and O–H groups in total. The van der Waals surface area contributed by atoms with Crippen molar-refractivity contribution in [2.75, 3.05) is 30.4 Å². The molecule has 0 spiro atoms. The van der Waals surface area contributed by atoms with E-state index < -0.39 is 17.9 Å². The Hall–Kier alpha value is -2.57. The Morgan fingerprint density at radius 1 is 1.22 bits per heavy atom. The van der Waals surface area contributed by atoms with E-state index in [0.717, 1.165) is 29.8 Å². The SMILES string of the molecule is Cc1ccc(Cl)cc1NC(=O)C(=O)NCC(O)c1ccc2c(c1)CCN2C. The molecule has 0 saturated heterocycles. The molecule has 2 aromatic carbocycles. The molecule has 0 aromatic heterocycles. The molecule has 1 heterocycles. The zero-order chi connectivity index (χ0) is 19.6. The monoisotopic (exact) mass is 387 g/mol. The molecule has 7 heteroatoms. The lowest BCUT2D eigenvalue weighted by Crippen LogP contribution is -2.37. The minimum absolute atomic E-state index is 0.0462. The Morgan fingerprint density at radius 2 is 2.00 bits per heavy atom. The van der Waals surface area contributed by atoms with E-state index in [1.54, 1.807) is 25.1 Å². The van der Waals surface area contributed by atoms with Crippen LogP contribution in [0.2, 0.25) is 5.02 Å². The van der Waals surface area contributed by atoms with Crippen LogP contribution < -0.4 is 15.5 Å². The first-order valence-electron chi connectivity index (χ1n) is 8.72. The molecule has 2 aromatic rings. The highest BCUT2D eigenvalue weighted by Gasteiger charge is 2.20. The minimum atomic E-state index is -0.883. The number of likely N-dealkylation sites (N-methyl/N-ethyl adjacent to an activating group) is 1. The van der Waals surface area contributed by atoms with E-state index in [-0.39, 0.29) is 6.54 Å². The topological polar surface area (TPSA) is 81.7 Å². The maximum atomic E-state index is 12.1. The first-order valence-corrected chi connectivity index (χ1v) is 9.10. The molecule has 3 rings (SSSR count). The quantitative estimate of drug-likeness (QED) is 0.704. The van der Waals surface area contributed by atoms with Gasteiger partial charge in [-0.3, -0.25) is 9.59 Å². The van der Waals surface area contributed by atoms with Crippen molar-refractivity contribution >= 4 is 34.8 Å². The van der Waals surface area contributed by atoms with Crippen LogP contribution in [0.4, 0.5) is 11.4 Å². The third-order valence-corrected chi connectivity index (χ3v) is 4.96. The van der Waals surface area contributed by atoms with Gasteiger partial charge in [-0.1, -0.05) is 29.8 Å². The lowest BCUT2D eigenvalue weighted by Gasteiger charge is -2.15. The third-order valence-electron chi connectivity index (χ3n) is 4.73. The van der Waals surface area contributed by atoms with E-state index in [0.29, 0.717) is 10.7 Å². The molecule has 27 heavy (non-hydrogen) atoms. The number of halogens is 1. The number of fused-ring (bicyclic) bond motifs is 1. The van der Waals surface area contributed by atoms with E-state index in [9.17, 15) is 14.7 Å². The lowest BCUT2D eigenvalue weighted by atomic mass is 10.0. The number of aliphatic hydroxyl groups is 1. The molecule has 0 bridgehead atoms. The Labute approximate surface area is 163 Å². The number of amides is 2. The second-order valence-corrected chi connectivity index (χ2v) is 7.14. The molecule has 0 aliphatic carbocycles. The number of carbonyl (C=O) groups excluding carboxylic acids is 2. The van der Waals surface area contributed by atoms with Gasteiger partial charge in [-0.15, -0.1) is 0 Å². The highest BCUT2D eigenvalue weighted by Crippen LogP contribution is 2.29. The predicted octanol–water partition coefficient (Wildman–Crippen LogP) is 2.43. The molecule has 1 unspecified atom stereocenters. The number of hydrogen-bond acceptors (Lipinski definition) is 4. The average Bonchev–Trinajstić information content (AvgIpc) is 3.02. The molecule has 0 fully saturated rings. The summed E-state index contributed by atoms with van der Waals surface area (Å²) in [5, 5.41) is 15.8. The van der Waals surface area contributed by atoms with Gasteiger partial charge in [0.2, 0.25) is 0 Å². The standard InChI is InChI=1S/C20H22ClN3O3/c1-12-3-5-15(21)10-16(12)23-20(27)19(26)22-11-18(25)14-4-6-17-13(9-14)7-8-24(17)2/h3-6,9-10,18,25H,7-8,11H2,1-2H3,(H,22,26)(H,23,27). The summed E-state index contributed by atoms with van der Waals surface area (Å²) in [6.07, 6.45) is 0.0472. The summed E-state index contributed by atoms with van der Waals surface area (Å²) in [6.45, 7) is 2.71. The van der Waals surface area contributed by atoms with Crippen molar-refractivity contribution in [3.05, 3.63) is 58.1 Å². The van der Waals surface area contributed by atoms with Crippen molar-refractivity contribution in [1.29, 1.82) is 0 Å². The van der Waals surface area contributed by atoms with Crippen molar-refractivity contribution in [2.45, 2.75) is 19.4 Å². The Bertz CT molecular complexity index is 885. The van der Waals surface area contributed by atoms with E-state index in [1.807, 2.05) is 25.2 Å². The summed E-state index contributed by atoms with van der Waals surface area (Å²) in [7, 11) is 2.03. The molecule has 1 atom stereocenters. The van der Waals surface area contributed by atoms with Gasteiger partial charge < -0.3 is 20.6 Å². The van der Waals surface area contributed by atoms with Gasteiger partial charge in [-0.25, -0.2) is 0 Å². The number of rotatable bonds is 4. The fourth-order valence-electron chi connectivity index (χ4n) is 3.09. The first kappa shape index (κ1) is 19.2. The van der Waals surface area contributed by atoms with Crippen LogP contribution in [0.15, 0.2) is 36.4 Å². The largest absolute Gasteiger partial charge is 0.387 e. The fourth-order valence-corrected chi connectivity index (χ4v) is 3.26. The number of nitrogens with zero attached hydrogens (tertiary/aromatic N) is 1. The van der Waals surface area contributed by atoms with Crippen LogP contribution >= 0.6 is 11.6 Å². The molecule has 1 aliphatic rings. The van der Waals surface area contributed by atoms with Crippen LogP contribution in [0.3, 0.4) is 0 Å². The van der Waals surface area contributed by atoms with Crippen molar-refractivity contribution in [3.8, 4) is 0 Å². The Morgan fingerprint density at radius 3 is 2.78 bits per heavy atom. The second kappa shape index (κ2) is 7.98. The number of benzene rings is 2. The summed E-state index contributed by atoms with van der Waals surface area (Å²) in [6, 6.07) is 10.8. The van der Waals surface area contributed by atoms with E-state index in [1.165, 1.54) is 5.56 Å². The maximum Gasteiger partial charge on any atom is 0.313 e. The molecule has 0 saturated carbocycles. The van der Waals surface area contributed by atoms with Gasteiger partial charge in [-0.2, -0.15) is 0 Å². The van der Waals surface area contributed by atoms with Crippen LogP contribution in [-0.2, 0) is 16.0 Å². The summed E-state index contributed by atoms with van der Waals surface area (Å²) < 4.78 is 0. The van der Waals surface area contributed by atoms with Crippen LogP contribution in [-0.4, -0.2) is 37.1 Å². The Kier molecular flexibility index (Phi) is 5.68. The molecule has 6 nitrogen and oxygen atoms in total. The van der Waals surface area contributed by atoms with Crippen LogP contribution in [0, 0.1) is 6.92 Å². The van der Waals surface area contributed by atoms with E-state index >= 15 is 0 Å². The molecule has 2 amide bonds. The van der Waals surface area contributed by atoms with Gasteiger partial charge in [0.1, 0.15) is 0 Å². The van der Waals surface area contributed by atoms with E-state index in [2.05, 4.69) is 15.5 Å². The number of aliphatic hydroxyl groups excluding tert-OH is 1. The van der Waals surface area contributed by atoms with Crippen molar-refractivity contribution < 1.29 is 14.7 Å². The predicted molar refractivity (Wildman–Crippen MR) is 106 cm³/mol. The maximum absolute atomic E-state index is 12.1. The van der Waals surface area contributed by atoms with Crippen LogP contribution in [0.5, 0.6) is 0 Å². The van der Waals surface area contributed by atoms with Crippen molar-refractivity contribution in [1.82, 2.24) is 5.32 Å². The van der Waals surface area contributed by atoms with Crippen molar-refractivity contribution in [2.24, 2.45) is 0 Å². The van der Waals surface area contributed by atoms with Gasteiger partial charge in [0, 0.05) is 36.5 Å². The second-order valence-electron chi connectivity index (χ2n) is 6.70. The van der Waals surface area contributed by atoms with Gasteiger partial charge in [0.05, 0.1) is 6.10 Å². The zero-order valence-corrected chi connectivity index (χ0v) is 16.0. The number of nitrogens with one attached hydrogen (secondary N) is 2.